The number of likely N-dealkylation sites (tertiary alicyclic amines) is 1. The molecular weight excluding hydrogens is 290 g/mol. The lowest BCUT2D eigenvalue weighted by Gasteiger charge is -2.16. The Bertz CT molecular complexity index is 613. The van der Waals surface area contributed by atoms with Crippen molar-refractivity contribution < 1.29 is 4.79 Å². The summed E-state index contributed by atoms with van der Waals surface area (Å²) in [6.07, 6.45) is 1.18. The summed E-state index contributed by atoms with van der Waals surface area (Å²) in [5.41, 5.74) is 1.67. The van der Waals surface area contributed by atoms with Gasteiger partial charge in [0.05, 0.1) is 0 Å². The number of aromatic nitrogens is 3. The third kappa shape index (κ3) is 2.61. The van der Waals surface area contributed by atoms with E-state index in [4.69, 9.17) is 0 Å². The van der Waals surface area contributed by atoms with Crippen LogP contribution in [0.1, 0.15) is 6.42 Å². The molecule has 1 aromatic carbocycles. The van der Waals surface area contributed by atoms with E-state index in [0.717, 1.165) is 30.7 Å². The largest absolute Gasteiger partial charge is 0.339 e. The summed E-state index contributed by atoms with van der Waals surface area (Å²) in [6, 6.07) is 8.16. The van der Waals surface area contributed by atoms with Crippen molar-refractivity contribution in [2.45, 2.75) is 19.0 Å². The molecule has 112 valence electrons. The first-order valence-corrected chi connectivity index (χ1v) is 7.10. The zero-order chi connectivity index (χ0) is 13.5. The fraction of sp³-hybridized carbons (Fsp3) is 0.500. The van der Waals surface area contributed by atoms with E-state index in [1.165, 1.54) is 11.2 Å². The number of fused-ring (bicyclic) bond motifs is 2. The second kappa shape index (κ2) is 5.61. The van der Waals surface area contributed by atoms with Gasteiger partial charge in [-0.05, 0) is 31.0 Å². The standard InChI is InChI=1S/C14H17N5O.ClH/c20-14(18-7-10-5-6-15-13(10)8-18)9-19-16-11-3-1-2-4-12(11)17-19;/h1-4,10,13,15H,5-9H2;1H/t10-,13+;/m0./s1. The van der Waals surface area contributed by atoms with Crippen molar-refractivity contribution in [1.29, 1.82) is 0 Å². The molecule has 2 saturated heterocycles. The van der Waals surface area contributed by atoms with Crippen molar-refractivity contribution >= 4 is 29.3 Å². The Hall–Kier alpha value is -1.66. The minimum atomic E-state index is 0. The molecule has 4 rings (SSSR count). The fourth-order valence-corrected chi connectivity index (χ4v) is 3.25. The molecule has 0 aliphatic carbocycles. The van der Waals surface area contributed by atoms with Gasteiger partial charge in [0.15, 0.2) is 0 Å². The average molecular weight is 308 g/mol. The van der Waals surface area contributed by atoms with Crippen LogP contribution in [-0.4, -0.2) is 51.5 Å². The molecule has 2 aliphatic rings. The molecule has 2 aliphatic heterocycles. The zero-order valence-electron chi connectivity index (χ0n) is 11.6. The topological polar surface area (TPSA) is 63.1 Å². The summed E-state index contributed by atoms with van der Waals surface area (Å²) in [4.78, 5) is 15.8. The third-order valence-electron chi connectivity index (χ3n) is 4.32. The maximum absolute atomic E-state index is 12.3. The minimum absolute atomic E-state index is 0. The van der Waals surface area contributed by atoms with Crippen molar-refractivity contribution in [3.63, 3.8) is 0 Å². The number of amides is 1. The van der Waals surface area contributed by atoms with Gasteiger partial charge in [-0.1, -0.05) is 12.1 Å². The van der Waals surface area contributed by atoms with Crippen LogP contribution in [0.4, 0.5) is 0 Å². The Balaban J connectivity index is 0.00000132. The highest BCUT2D eigenvalue weighted by atomic mass is 35.5. The lowest BCUT2D eigenvalue weighted by molar-refractivity contribution is -0.131. The van der Waals surface area contributed by atoms with Crippen LogP contribution in [0.3, 0.4) is 0 Å². The highest BCUT2D eigenvalue weighted by Crippen LogP contribution is 2.24. The minimum Gasteiger partial charge on any atom is -0.339 e. The molecule has 2 fully saturated rings. The Morgan fingerprint density at radius 3 is 2.62 bits per heavy atom. The quantitative estimate of drug-likeness (QED) is 0.886. The summed E-state index contributed by atoms with van der Waals surface area (Å²) < 4.78 is 0. The summed E-state index contributed by atoms with van der Waals surface area (Å²) >= 11 is 0. The van der Waals surface area contributed by atoms with Crippen LogP contribution in [0.2, 0.25) is 0 Å². The smallest absolute Gasteiger partial charge is 0.246 e. The van der Waals surface area contributed by atoms with Gasteiger partial charge in [-0.2, -0.15) is 15.0 Å². The normalized spacial score (nSPS) is 24.1. The van der Waals surface area contributed by atoms with Crippen molar-refractivity contribution in [1.82, 2.24) is 25.2 Å². The maximum Gasteiger partial charge on any atom is 0.246 e. The first-order valence-electron chi connectivity index (χ1n) is 7.10. The van der Waals surface area contributed by atoms with Gasteiger partial charge in [-0.25, -0.2) is 0 Å². The van der Waals surface area contributed by atoms with Crippen LogP contribution in [0.15, 0.2) is 24.3 Å². The highest BCUT2D eigenvalue weighted by molar-refractivity contribution is 5.85. The Kier molecular flexibility index (Phi) is 3.82. The van der Waals surface area contributed by atoms with E-state index in [2.05, 4.69) is 15.5 Å². The van der Waals surface area contributed by atoms with Crippen LogP contribution < -0.4 is 5.32 Å². The van der Waals surface area contributed by atoms with Gasteiger partial charge in [0.2, 0.25) is 5.91 Å². The van der Waals surface area contributed by atoms with E-state index in [9.17, 15) is 4.79 Å². The number of rotatable bonds is 2. The molecule has 1 amide bonds. The monoisotopic (exact) mass is 307 g/mol. The first kappa shape index (κ1) is 14.3. The molecule has 3 heterocycles. The third-order valence-corrected chi connectivity index (χ3v) is 4.32. The second-order valence-electron chi connectivity index (χ2n) is 5.63. The van der Waals surface area contributed by atoms with Gasteiger partial charge in [0.25, 0.3) is 0 Å². The van der Waals surface area contributed by atoms with Crippen LogP contribution in [0, 0.1) is 5.92 Å². The predicted molar refractivity (Wildman–Crippen MR) is 81.3 cm³/mol. The molecule has 2 atom stereocenters. The number of hydrogen-bond donors (Lipinski definition) is 1. The highest BCUT2D eigenvalue weighted by Gasteiger charge is 2.37. The molecule has 6 nitrogen and oxygen atoms in total. The van der Waals surface area contributed by atoms with Crippen LogP contribution in [0.5, 0.6) is 0 Å². The van der Waals surface area contributed by atoms with Gasteiger partial charge >= 0.3 is 0 Å². The molecule has 1 N–H and O–H groups in total. The molecule has 2 aromatic rings. The summed E-state index contributed by atoms with van der Waals surface area (Å²) in [6.45, 7) is 3.01. The Labute approximate surface area is 128 Å². The van der Waals surface area contributed by atoms with E-state index >= 15 is 0 Å². The Morgan fingerprint density at radius 1 is 1.24 bits per heavy atom. The lowest BCUT2D eigenvalue weighted by atomic mass is 10.1. The van der Waals surface area contributed by atoms with Gasteiger partial charge in [-0.15, -0.1) is 12.4 Å². The number of hydrogen-bond acceptors (Lipinski definition) is 4. The number of carbonyl (C=O) groups excluding carboxylic acids is 1. The molecule has 7 heteroatoms. The number of nitrogens with zero attached hydrogens (tertiary/aromatic N) is 4. The number of benzene rings is 1. The molecule has 1 aromatic heterocycles. The zero-order valence-corrected chi connectivity index (χ0v) is 12.4. The van der Waals surface area contributed by atoms with Gasteiger partial charge in [-0.3, -0.25) is 4.79 Å². The number of nitrogens with one attached hydrogen (secondary N) is 1. The van der Waals surface area contributed by atoms with Gasteiger partial charge < -0.3 is 10.2 Å². The summed E-state index contributed by atoms with van der Waals surface area (Å²) in [7, 11) is 0. The van der Waals surface area contributed by atoms with Gasteiger partial charge in [0.1, 0.15) is 17.6 Å². The van der Waals surface area contributed by atoms with Crippen LogP contribution in [0.25, 0.3) is 11.0 Å². The predicted octanol–water partition coefficient (Wildman–Crippen LogP) is 0.673. The summed E-state index contributed by atoms with van der Waals surface area (Å²) in [5, 5.41) is 12.1. The fourth-order valence-electron chi connectivity index (χ4n) is 3.25. The van der Waals surface area contributed by atoms with Gasteiger partial charge in [0, 0.05) is 19.1 Å². The lowest BCUT2D eigenvalue weighted by Crippen LogP contribution is -2.36. The van der Waals surface area contributed by atoms with E-state index < -0.39 is 0 Å². The van der Waals surface area contributed by atoms with Crippen molar-refractivity contribution in [2.24, 2.45) is 5.92 Å². The molecule has 0 spiro atoms. The maximum atomic E-state index is 12.3. The molecule has 0 radical (unpaired) electrons. The number of carbonyl (C=O) groups is 1. The average Bonchev–Trinajstić information content (AvgIpc) is 3.11. The summed E-state index contributed by atoms with van der Waals surface area (Å²) in [5.74, 6) is 0.741. The first-order chi connectivity index (χ1) is 9.79. The van der Waals surface area contributed by atoms with Crippen LogP contribution >= 0.6 is 12.4 Å². The van der Waals surface area contributed by atoms with E-state index in [-0.39, 0.29) is 24.9 Å². The SMILES string of the molecule is Cl.O=C(Cn1nc2ccccc2n1)N1C[C@@H]2CCN[C@@H]2C1. The molecule has 21 heavy (non-hydrogen) atoms. The van der Waals surface area contributed by atoms with Crippen molar-refractivity contribution in [3.8, 4) is 0 Å². The molecular formula is C14H18ClN5O. The van der Waals surface area contributed by atoms with Crippen molar-refractivity contribution in [2.75, 3.05) is 19.6 Å². The van der Waals surface area contributed by atoms with E-state index in [1.807, 2.05) is 29.2 Å². The molecule has 0 saturated carbocycles. The van der Waals surface area contributed by atoms with Crippen molar-refractivity contribution in [3.05, 3.63) is 24.3 Å². The molecule has 0 unspecified atom stereocenters. The van der Waals surface area contributed by atoms with E-state index in [0.29, 0.717) is 12.0 Å². The second-order valence-corrected chi connectivity index (χ2v) is 5.63. The molecule has 0 bridgehead atoms. The number of halogens is 1. The van der Waals surface area contributed by atoms with E-state index in [1.54, 1.807) is 0 Å². The Morgan fingerprint density at radius 2 is 1.95 bits per heavy atom. The van der Waals surface area contributed by atoms with Crippen LogP contribution in [-0.2, 0) is 11.3 Å².